The lowest BCUT2D eigenvalue weighted by Crippen LogP contribution is -2.04. The van der Waals surface area contributed by atoms with Gasteiger partial charge in [-0.2, -0.15) is 0 Å². The van der Waals surface area contributed by atoms with Gasteiger partial charge in [0.15, 0.2) is 0 Å². The molecule has 0 atom stereocenters. The summed E-state index contributed by atoms with van der Waals surface area (Å²) in [6.07, 6.45) is -0.0773. The van der Waals surface area contributed by atoms with Crippen molar-refractivity contribution in [3.05, 3.63) is 68.8 Å². The lowest BCUT2D eigenvalue weighted by atomic mass is 10.0. The highest BCUT2D eigenvalue weighted by Crippen LogP contribution is 2.26. The Morgan fingerprint density at radius 3 is 2.65 bits per heavy atom. The van der Waals surface area contributed by atoms with E-state index in [1.807, 2.05) is 6.92 Å². The Bertz CT molecular complexity index is 755. The molecule has 0 radical (unpaired) electrons. The highest BCUT2D eigenvalue weighted by Gasteiger charge is 2.16. The van der Waals surface area contributed by atoms with Crippen LogP contribution >= 0.6 is 0 Å². The lowest BCUT2D eigenvalue weighted by Gasteiger charge is -2.12. The minimum atomic E-state index is -0.910. The Kier molecular flexibility index (Phi) is 4.95. The Balaban J connectivity index is 2.19. The van der Waals surface area contributed by atoms with E-state index in [0.717, 1.165) is 11.1 Å². The minimum Gasteiger partial charge on any atom is -0.489 e. The molecule has 0 saturated heterocycles. The number of nitro groups is 1. The number of carboxylic acid groups (broad SMARTS) is 1. The largest absolute Gasteiger partial charge is 0.489 e. The molecule has 0 fully saturated rings. The third kappa shape index (κ3) is 4.06. The van der Waals surface area contributed by atoms with Crippen LogP contribution in [-0.2, 0) is 17.8 Å². The fourth-order valence-corrected chi connectivity index (χ4v) is 2.38. The highest BCUT2D eigenvalue weighted by molar-refractivity contribution is 5.70. The van der Waals surface area contributed by atoms with E-state index in [0.29, 0.717) is 16.9 Å². The summed E-state index contributed by atoms with van der Waals surface area (Å²) in [6.45, 7) is 3.76. The summed E-state index contributed by atoms with van der Waals surface area (Å²) in [6, 6.07) is 10.0. The van der Waals surface area contributed by atoms with Crippen LogP contribution in [0.2, 0.25) is 0 Å². The maximum atomic E-state index is 11.0. The number of ether oxygens (including phenoxy) is 1. The van der Waals surface area contributed by atoms with Gasteiger partial charge in [0.1, 0.15) is 12.4 Å². The first-order valence-corrected chi connectivity index (χ1v) is 7.05. The van der Waals surface area contributed by atoms with Gasteiger partial charge in [-0.05, 0) is 37.1 Å². The fraction of sp³-hybridized carbons (Fsp3) is 0.235. The van der Waals surface area contributed by atoms with Crippen LogP contribution in [0.15, 0.2) is 36.4 Å². The van der Waals surface area contributed by atoms with Gasteiger partial charge < -0.3 is 9.84 Å². The van der Waals surface area contributed by atoms with Gasteiger partial charge in [0.25, 0.3) is 5.69 Å². The molecule has 0 spiro atoms. The van der Waals surface area contributed by atoms with Gasteiger partial charge in [-0.15, -0.1) is 0 Å². The molecule has 1 N–H and O–H groups in total. The maximum Gasteiger partial charge on any atom is 0.307 e. The number of carbonyl (C=O) groups is 1. The number of hydrogen-bond acceptors (Lipinski definition) is 4. The van der Waals surface area contributed by atoms with Crippen molar-refractivity contribution in [2.24, 2.45) is 0 Å². The number of aliphatic carboxylic acids is 1. The average molecular weight is 315 g/mol. The van der Waals surface area contributed by atoms with Crippen LogP contribution in [0.3, 0.4) is 0 Å². The van der Waals surface area contributed by atoms with E-state index in [4.69, 9.17) is 9.84 Å². The second kappa shape index (κ2) is 6.91. The molecule has 0 aliphatic heterocycles. The molecule has 0 amide bonds. The first-order chi connectivity index (χ1) is 10.9. The van der Waals surface area contributed by atoms with E-state index in [1.54, 1.807) is 37.3 Å². The molecule has 0 aliphatic carbocycles. The first-order valence-electron chi connectivity index (χ1n) is 7.05. The molecular formula is C17H17NO5. The van der Waals surface area contributed by atoms with Crippen molar-refractivity contribution < 1.29 is 19.6 Å². The van der Waals surface area contributed by atoms with Crippen LogP contribution < -0.4 is 4.74 Å². The zero-order valence-corrected chi connectivity index (χ0v) is 12.9. The van der Waals surface area contributed by atoms with Crippen LogP contribution in [-0.4, -0.2) is 16.0 Å². The Morgan fingerprint density at radius 2 is 2.00 bits per heavy atom. The summed E-state index contributed by atoms with van der Waals surface area (Å²) >= 11 is 0. The molecular weight excluding hydrogens is 298 g/mol. The van der Waals surface area contributed by atoms with Crippen LogP contribution in [0.5, 0.6) is 5.75 Å². The highest BCUT2D eigenvalue weighted by atomic mass is 16.6. The van der Waals surface area contributed by atoms with E-state index in [9.17, 15) is 14.9 Å². The average Bonchev–Trinajstić information content (AvgIpc) is 2.46. The zero-order valence-electron chi connectivity index (χ0n) is 12.9. The van der Waals surface area contributed by atoms with Crippen LogP contribution in [0.4, 0.5) is 5.69 Å². The van der Waals surface area contributed by atoms with E-state index in [-0.39, 0.29) is 18.7 Å². The second-order valence-corrected chi connectivity index (χ2v) is 5.27. The molecule has 0 heterocycles. The van der Waals surface area contributed by atoms with Gasteiger partial charge in [0.2, 0.25) is 0 Å². The number of nitrogens with zero attached hydrogens (tertiary/aromatic N) is 1. The van der Waals surface area contributed by atoms with E-state index < -0.39 is 10.9 Å². The van der Waals surface area contributed by atoms with Gasteiger partial charge in [-0.1, -0.05) is 18.2 Å². The quantitative estimate of drug-likeness (QED) is 0.651. The molecule has 6 nitrogen and oxygen atoms in total. The SMILES string of the molecule is Cc1ccc([N+](=O)[O-])c(C)c1COc1cccc(CC(=O)O)c1. The van der Waals surface area contributed by atoms with Crippen LogP contribution in [0, 0.1) is 24.0 Å². The molecule has 0 saturated carbocycles. The van der Waals surface area contributed by atoms with Gasteiger partial charge in [-0.3, -0.25) is 14.9 Å². The summed E-state index contributed by atoms with van der Waals surface area (Å²) in [7, 11) is 0. The number of hydrogen-bond donors (Lipinski definition) is 1. The smallest absolute Gasteiger partial charge is 0.307 e. The van der Waals surface area contributed by atoms with Crippen molar-refractivity contribution in [2.45, 2.75) is 26.9 Å². The van der Waals surface area contributed by atoms with E-state index in [2.05, 4.69) is 0 Å². The molecule has 0 bridgehead atoms. The monoisotopic (exact) mass is 315 g/mol. The number of carboxylic acids is 1. The standard InChI is InChI=1S/C17H17NO5/c1-11-6-7-16(18(21)22)12(2)15(11)10-23-14-5-3-4-13(8-14)9-17(19)20/h3-8H,9-10H2,1-2H3,(H,19,20). The third-order valence-corrected chi connectivity index (χ3v) is 3.64. The summed E-state index contributed by atoms with van der Waals surface area (Å²) in [4.78, 5) is 21.4. The van der Waals surface area contributed by atoms with Crippen molar-refractivity contribution in [2.75, 3.05) is 0 Å². The molecule has 6 heteroatoms. The van der Waals surface area contributed by atoms with Crippen LogP contribution in [0.1, 0.15) is 22.3 Å². The van der Waals surface area contributed by atoms with Crippen molar-refractivity contribution in [1.29, 1.82) is 0 Å². The van der Waals surface area contributed by atoms with E-state index >= 15 is 0 Å². The number of aryl methyl sites for hydroxylation is 1. The normalized spacial score (nSPS) is 10.3. The Labute approximate surface area is 133 Å². The topological polar surface area (TPSA) is 89.7 Å². The maximum absolute atomic E-state index is 11.0. The second-order valence-electron chi connectivity index (χ2n) is 5.27. The number of nitro benzene ring substituents is 1. The molecule has 2 aromatic rings. The van der Waals surface area contributed by atoms with Crippen molar-refractivity contribution in [3.63, 3.8) is 0 Å². The number of rotatable bonds is 6. The van der Waals surface area contributed by atoms with Crippen molar-refractivity contribution in [1.82, 2.24) is 0 Å². The predicted octanol–water partition coefficient (Wildman–Crippen LogP) is 3.42. The van der Waals surface area contributed by atoms with E-state index in [1.165, 1.54) is 6.07 Å². The lowest BCUT2D eigenvalue weighted by molar-refractivity contribution is -0.385. The summed E-state index contributed by atoms with van der Waals surface area (Å²) in [5, 5.41) is 19.8. The van der Waals surface area contributed by atoms with Crippen molar-refractivity contribution >= 4 is 11.7 Å². The van der Waals surface area contributed by atoms with Gasteiger partial charge >= 0.3 is 5.97 Å². The molecule has 0 aromatic heterocycles. The molecule has 0 aliphatic rings. The fourth-order valence-electron chi connectivity index (χ4n) is 2.38. The Hall–Kier alpha value is -2.89. The molecule has 23 heavy (non-hydrogen) atoms. The summed E-state index contributed by atoms with van der Waals surface area (Å²) < 4.78 is 5.70. The van der Waals surface area contributed by atoms with Gasteiger partial charge in [0.05, 0.1) is 11.3 Å². The first kappa shape index (κ1) is 16.5. The minimum absolute atomic E-state index is 0.0637. The van der Waals surface area contributed by atoms with Crippen molar-refractivity contribution in [3.8, 4) is 5.75 Å². The number of benzene rings is 2. The molecule has 0 unspecified atom stereocenters. The van der Waals surface area contributed by atoms with Gasteiger partial charge in [-0.25, -0.2) is 0 Å². The predicted molar refractivity (Wildman–Crippen MR) is 84.7 cm³/mol. The molecule has 120 valence electrons. The van der Waals surface area contributed by atoms with Crippen LogP contribution in [0.25, 0.3) is 0 Å². The van der Waals surface area contributed by atoms with Gasteiger partial charge in [0, 0.05) is 17.2 Å². The molecule has 2 aromatic carbocycles. The third-order valence-electron chi connectivity index (χ3n) is 3.64. The Morgan fingerprint density at radius 1 is 1.26 bits per heavy atom. The summed E-state index contributed by atoms with van der Waals surface area (Å²) in [5.74, 6) is -0.374. The summed E-state index contributed by atoms with van der Waals surface area (Å²) in [5.41, 5.74) is 2.96. The zero-order chi connectivity index (χ0) is 17.0. The molecule has 2 rings (SSSR count).